The number of carbonyl (C=O) groups is 1. The predicted octanol–water partition coefficient (Wildman–Crippen LogP) is 4.59. The highest BCUT2D eigenvalue weighted by Gasteiger charge is 2.30. The van der Waals surface area contributed by atoms with Gasteiger partial charge in [0.05, 0.1) is 0 Å². The summed E-state index contributed by atoms with van der Waals surface area (Å²) in [5.41, 5.74) is 1.06. The Morgan fingerprint density at radius 1 is 1.35 bits per heavy atom. The fraction of sp³-hybridized carbons (Fsp3) is 0.588. The van der Waals surface area contributed by atoms with Gasteiger partial charge in [-0.15, -0.1) is 0 Å². The van der Waals surface area contributed by atoms with E-state index in [1.165, 1.54) is 0 Å². The highest BCUT2D eigenvalue weighted by atomic mass is 35.5. The van der Waals surface area contributed by atoms with Gasteiger partial charge in [-0.25, -0.2) is 4.79 Å². The molecular weight excluding hydrogens is 335 g/mol. The normalized spacial score (nSPS) is 18.2. The highest BCUT2D eigenvalue weighted by Crippen LogP contribution is 2.23. The number of hydrogen-bond donors (Lipinski definition) is 1. The molecule has 1 amide bonds. The van der Waals surface area contributed by atoms with Gasteiger partial charge in [0.25, 0.3) is 0 Å². The van der Waals surface area contributed by atoms with E-state index in [2.05, 4.69) is 18.7 Å². The molecule has 1 aromatic carbocycles. The topological polar surface area (TPSA) is 43.8 Å². The smallest absolute Gasteiger partial charge is 0.407 e. The van der Waals surface area contributed by atoms with Crippen molar-refractivity contribution in [3.8, 4) is 0 Å². The molecule has 128 valence electrons. The van der Waals surface area contributed by atoms with Crippen LogP contribution in [0.2, 0.25) is 10.0 Å². The fourth-order valence-electron chi connectivity index (χ4n) is 3.26. The zero-order valence-corrected chi connectivity index (χ0v) is 15.1. The van der Waals surface area contributed by atoms with Crippen molar-refractivity contribution in [2.75, 3.05) is 19.6 Å². The standard InChI is InChI=1S/C17H24Cl2N2O2/c1-12(2)9-20(10-13-6-14(18)8-15(19)7-13)11-16-4-3-5-21(16)17(22)23/h6-8,12,16H,3-5,9-11H2,1-2H3,(H,22,23)/t16-/m0/s1. The summed E-state index contributed by atoms with van der Waals surface area (Å²) in [6.45, 7) is 7.35. The Morgan fingerprint density at radius 2 is 2.00 bits per heavy atom. The monoisotopic (exact) mass is 358 g/mol. The Bertz CT molecular complexity index is 531. The summed E-state index contributed by atoms with van der Waals surface area (Å²) in [7, 11) is 0. The quantitative estimate of drug-likeness (QED) is 0.808. The third kappa shape index (κ3) is 5.55. The lowest BCUT2D eigenvalue weighted by Gasteiger charge is -2.30. The van der Waals surface area contributed by atoms with E-state index in [0.717, 1.165) is 38.0 Å². The number of carboxylic acid groups (broad SMARTS) is 1. The largest absolute Gasteiger partial charge is 0.465 e. The van der Waals surface area contributed by atoms with E-state index in [1.807, 2.05) is 12.1 Å². The molecule has 1 fully saturated rings. The van der Waals surface area contributed by atoms with Crippen molar-refractivity contribution in [3.05, 3.63) is 33.8 Å². The number of rotatable bonds is 6. The summed E-state index contributed by atoms with van der Waals surface area (Å²) in [6, 6.07) is 5.64. The van der Waals surface area contributed by atoms with Crippen molar-refractivity contribution in [2.45, 2.75) is 39.3 Å². The van der Waals surface area contributed by atoms with Gasteiger partial charge < -0.3 is 10.0 Å². The van der Waals surface area contributed by atoms with Crippen LogP contribution in [-0.2, 0) is 6.54 Å². The molecule has 1 aliphatic heterocycles. The molecular formula is C17H24Cl2N2O2. The van der Waals surface area contributed by atoms with Gasteiger partial charge in [-0.2, -0.15) is 0 Å². The molecule has 1 aromatic rings. The van der Waals surface area contributed by atoms with Crippen molar-refractivity contribution in [1.29, 1.82) is 0 Å². The van der Waals surface area contributed by atoms with Crippen molar-refractivity contribution in [2.24, 2.45) is 5.92 Å². The average Bonchev–Trinajstić information content (AvgIpc) is 2.84. The first-order chi connectivity index (χ1) is 10.8. The van der Waals surface area contributed by atoms with Crippen LogP contribution in [0.1, 0.15) is 32.3 Å². The van der Waals surface area contributed by atoms with Crippen LogP contribution in [0.3, 0.4) is 0 Å². The molecule has 23 heavy (non-hydrogen) atoms. The molecule has 0 bridgehead atoms. The molecule has 0 saturated carbocycles. The minimum Gasteiger partial charge on any atom is -0.465 e. The van der Waals surface area contributed by atoms with Crippen molar-refractivity contribution >= 4 is 29.3 Å². The van der Waals surface area contributed by atoms with E-state index in [-0.39, 0.29) is 6.04 Å². The molecule has 0 spiro atoms. The van der Waals surface area contributed by atoms with Crippen LogP contribution in [-0.4, -0.2) is 46.7 Å². The van der Waals surface area contributed by atoms with Crippen LogP contribution in [0.25, 0.3) is 0 Å². The van der Waals surface area contributed by atoms with Gasteiger partial charge >= 0.3 is 6.09 Å². The van der Waals surface area contributed by atoms with Crippen LogP contribution in [0.15, 0.2) is 18.2 Å². The molecule has 0 unspecified atom stereocenters. The Balaban J connectivity index is 2.08. The predicted molar refractivity (Wildman–Crippen MR) is 94.3 cm³/mol. The first-order valence-corrected chi connectivity index (χ1v) is 8.77. The zero-order valence-electron chi connectivity index (χ0n) is 13.6. The van der Waals surface area contributed by atoms with E-state index in [1.54, 1.807) is 11.0 Å². The third-order valence-corrected chi connectivity index (χ3v) is 4.48. The fourth-order valence-corrected chi connectivity index (χ4v) is 3.83. The SMILES string of the molecule is CC(C)CN(Cc1cc(Cl)cc(Cl)c1)C[C@@H]1CCCN1C(=O)O. The summed E-state index contributed by atoms with van der Waals surface area (Å²) < 4.78 is 0. The molecule has 1 heterocycles. The van der Waals surface area contributed by atoms with Gasteiger partial charge in [-0.05, 0) is 42.5 Å². The van der Waals surface area contributed by atoms with Crippen molar-refractivity contribution in [3.63, 3.8) is 0 Å². The Labute approximate surface area is 148 Å². The van der Waals surface area contributed by atoms with E-state index in [9.17, 15) is 9.90 Å². The lowest BCUT2D eigenvalue weighted by atomic mass is 10.1. The second-order valence-corrected chi connectivity index (χ2v) is 7.51. The lowest BCUT2D eigenvalue weighted by Crippen LogP contribution is -2.43. The minimum atomic E-state index is -0.817. The maximum Gasteiger partial charge on any atom is 0.407 e. The Morgan fingerprint density at radius 3 is 2.57 bits per heavy atom. The molecule has 0 aliphatic carbocycles. The van der Waals surface area contributed by atoms with Crippen molar-refractivity contribution < 1.29 is 9.90 Å². The molecule has 1 saturated heterocycles. The number of halogens is 2. The van der Waals surface area contributed by atoms with E-state index in [4.69, 9.17) is 23.2 Å². The molecule has 1 atom stereocenters. The van der Waals surface area contributed by atoms with Gasteiger partial charge in [-0.3, -0.25) is 4.90 Å². The summed E-state index contributed by atoms with van der Waals surface area (Å²) in [5.74, 6) is 0.504. The molecule has 0 radical (unpaired) electrons. The van der Waals surface area contributed by atoms with E-state index >= 15 is 0 Å². The molecule has 1 aliphatic rings. The number of amides is 1. The third-order valence-electron chi connectivity index (χ3n) is 4.04. The van der Waals surface area contributed by atoms with Crippen LogP contribution in [0.5, 0.6) is 0 Å². The summed E-state index contributed by atoms with van der Waals surface area (Å²) in [5, 5.41) is 10.6. The van der Waals surface area contributed by atoms with Gasteiger partial charge in [0.1, 0.15) is 0 Å². The summed E-state index contributed by atoms with van der Waals surface area (Å²) in [6.07, 6.45) is 1.05. The van der Waals surface area contributed by atoms with Gasteiger partial charge in [0.15, 0.2) is 0 Å². The first-order valence-electron chi connectivity index (χ1n) is 8.02. The Hall–Kier alpha value is -0.970. The molecule has 1 N–H and O–H groups in total. The summed E-state index contributed by atoms with van der Waals surface area (Å²) in [4.78, 5) is 15.2. The van der Waals surface area contributed by atoms with Crippen LogP contribution >= 0.6 is 23.2 Å². The van der Waals surface area contributed by atoms with Crippen LogP contribution in [0, 0.1) is 5.92 Å². The van der Waals surface area contributed by atoms with Crippen molar-refractivity contribution in [1.82, 2.24) is 9.80 Å². The first kappa shape index (κ1) is 18.4. The molecule has 0 aromatic heterocycles. The van der Waals surface area contributed by atoms with Crippen LogP contribution < -0.4 is 0 Å². The molecule has 2 rings (SSSR count). The Kier molecular flexibility index (Phi) is 6.57. The molecule has 4 nitrogen and oxygen atoms in total. The second-order valence-electron chi connectivity index (χ2n) is 6.64. The van der Waals surface area contributed by atoms with Crippen LogP contribution in [0.4, 0.5) is 4.79 Å². The number of likely N-dealkylation sites (tertiary alicyclic amines) is 1. The molecule has 6 heteroatoms. The van der Waals surface area contributed by atoms with Gasteiger partial charge in [0.2, 0.25) is 0 Å². The maximum atomic E-state index is 11.3. The lowest BCUT2D eigenvalue weighted by molar-refractivity contribution is 0.120. The zero-order chi connectivity index (χ0) is 17.0. The number of benzene rings is 1. The number of hydrogen-bond acceptors (Lipinski definition) is 2. The van der Waals surface area contributed by atoms with Gasteiger partial charge in [-0.1, -0.05) is 37.0 Å². The van der Waals surface area contributed by atoms with Gasteiger partial charge in [0, 0.05) is 42.3 Å². The van der Waals surface area contributed by atoms with E-state index in [0.29, 0.717) is 22.5 Å². The average molecular weight is 359 g/mol. The van der Waals surface area contributed by atoms with E-state index < -0.39 is 6.09 Å². The summed E-state index contributed by atoms with van der Waals surface area (Å²) >= 11 is 12.2. The highest BCUT2D eigenvalue weighted by molar-refractivity contribution is 6.34. The minimum absolute atomic E-state index is 0.0703. The number of nitrogens with zero attached hydrogens (tertiary/aromatic N) is 2. The maximum absolute atomic E-state index is 11.3. The second kappa shape index (κ2) is 8.22.